The summed E-state index contributed by atoms with van der Waals surface area (Å²) in [6.07, 6.45) is 0.466. The largest absolute Gasteiger partial charge is 0.421 e. The van der Waals surface area contributed by atoms with Crippen molar-refractivity contribution in [3.8, 4) is 11.5 Å². The normalized spacial score (nSPS) is 12.6. The highest BCUT2D eigenvalue weighted by atomic mass is 16.4. The van der Waals surface area contributed by atoms with Crippen LogP contribution in [0.5, 0.6) is 0 Å². The lowest BCUT2D eigenvalue weighted by molar-refractivity contribution is -0.116. The van der Waals surface area contributed by atoms with E-state index in [1.165, 1.54) is 4.90 Å². The van der Waals surface area contributed by atoms with Crippen LogP contribution in [0, 0.1) is 6.92 Å². The van der Waals surface area contributed by atoms with E-state index in [4.69, 9.17) is 4.42 Å². The Morgan fingerprint density at radius 3 is 2.53 bits per heavy atom. The third-order valence-corrected chi connectivity index (χ3v) is 5.76. The zero-order valence-electron chi connectivity index (χ0n) is 19.5. The molecule has 0 atom stereocenters. The van der Waals surface area contributed by atoms with Crippen molar-refractivity contribution in [1.82, 2.24) is 10.2 Å². The Bertz CT molecular complexity index is 1430. The van der Waals surface area contributed by atoms with Crippen LogP contribution in [0.4, 0.5) is 17.1 Å². The molecular formula is C27H23N5O4. The van der Waals surface area contributed by atoms with E-state index in [2.05, 4.69) is 20.8 Å². The summed E-state index contributed by atoms with van der Waals surface area (Å²) in [5.74, 6) is 0.0342. The molecule has 36 heavy (non-hydrogen) atoms. The molecule has 1 aromatic heterocycles. The van der Waals surface area contributed by atoms with Gasteiger partial charge in [0, 0.05) is 29.7 Å². The van der Waals surface area contributed by atoms with Crippen molar-refractivity contribution < 1.29 is 18.8 Å². The minimum absolute atomic E-state index is 0.0599. The van der Waals surface area contributed by atoms with Gasteiger partial charge in [-0.1, -0.05) is 29.8 Å². The van der Waals surface area contributed by atoms with Crippen LogP contribution in [0.25, 0.3) is 11.5 Å². The Labute approximate surface area is 207 Å². The van der Waals surface area contributed by atoms with Crippen LogP contribution in [-0.2, 0) is 16.0 Å². The lowest BCUT2D eigenvalue weighted by Gasteiger charge is -2.29. The quantitative estimate of drug-likeness (QED) is 0.426. The number of benzene rings is 3. The molecule has 0 fully saturated rings. The first kappa shape index (κ1) is 23.0. The Kier molecular flexibility index (Phi) is 6.27. The molecular weight excluding hydrogens is 458 g/mol. The van der Waals surface area contributed by atoms with Crippen molar-refractivity contribution in [2.45, 2.75) is 19.8 Å². The van der Waals surface area contributed by atoms with E-state index in [0.717, 1.165) is 11.1 Å². The van der Waals surface area contributed by atoms with Gasteiger partial charge in [0.25, 0.3) is 5.91 Å². The van der Waals surface area contributed by atoms with Gasteiger partial charge < -0.3 is 15.1 Å². The summed E-state index contributed by atoms with van der Waals surface area (Å²) in [5.41, 5.74) is 4.17. The fraction of sp³-hybridized carbons (Fsp3) is 0.148. The van der Waals surface area contributed by atoms with Crippen LogP contribution in [0.3, 0.4) is 0 Å². The molecule has 180 valence electrons. The van der Waals surface area contributed by atoms with Gasteiger partial charge in [-0.05, 0) is 55.5 Å². The van der Waals surface area contributed by atoms with Crippen LogP contribution in [0.15, 0.2) is 77.2 Å². The van der Waals surface area contributed by atoms with E-state index in [0.29, 0.717) is 40.8 Å². The average Bonchev–Trinajstić information content (AvgIpc) is 3.36. The van der Waals surface area contributed by atoms with Gasteiger partial charge >= 0.3 is 0 Å². The minimum atomic E-state index is -0.295. The van der Waals surface area contributed by atoms with Gasteiger partial charge in [-0.15, -0.1) is 10.2 Å². The van der Waals surface area contributed by atoms with Crippen LogP contribution in [0.2, 0.25) is 0 Å². The van der Waals surface area contributed by atoms with E-state index < -0.39 is 0 Å². The Morgan fingerprint density at radius 1 is 1.00 bits per heavy atom. The molecule has 0 saturated heterocycles. The number of amides is 3. The van der Waals surface area contributed by atoms with Crippen molar-refractivity contribution >= 4 is 34.8 Å². The third-order valence-electron chi connectivity index (χ3n) is 5.76. The van der Waals surface area contributed by atoms with Crippen molar-refractivity contribution in [1.29, 1.82) is 0 Å². The third kappa shape index (κ3) is 5.00. The predicted octanol–water partition coefficient (Wildman–Crippen LogP) is 4.22. The first-order valence-electron chi connectivity index (χ1n) is 11.5. The van der Waals surface area contributed by atoms with E-state index in [9.17, 15) is 14.4 Å². The fourth-order valence-electron chi connectivity index (χ4n) is 3.88. The molecule has 5 rings (SSSR count). The van der Waals surface area contributed by atoms with Gasteiger partial charge in [0.15, 0.2) is 0 Å². The molecule has 0 spiro atoms. The number of anilines is 3. The highest BCUT2D eigenvalue weighted by Crippen LogP contribution is 2.30. The lowest BCUT2D eigenvalue weighted by Crippen LogP contribution is -2.42. The monoisotopic (exact) mass is 481 g/mol. The maximum absolute atomic E-state index is 13.1. The number of para-hydroxylation sites is 2. The molecule has 0 bridgehead atoms. The summed E-state index contributed by atoms with van der Waals surface area (Å²) in [7, 11) is 0. The zero-order chi connectivity index (χ0) is 25.1. The van der Waals surface area contributed by atoms with E-state index in [1.54, 1.807) is 42.5 Å². The molecule has 2 heterocycles. The number of hydrogen-bond donors (Lipinski definition) is 2. The van der Waals surface area contributed by atoms with E-state index >= 15 is 0 Å². The van der Waals surface area contributed by atoms with Crippen molar-refractivity contribution in [3.05, 3.63) is 89.8 Å². The van der Waals surface area contributed by atoms with Crippen LogP contribution in [-0.4, -0.2) is 34.5 Å². The number of hydrogen-bond acceptors (Lipinski definition) is 6. The van der Waals surface area contributed by atoms with Crippen LogP contribution in [0.1, 0.15) is 28.2 Å². The number of aryl methyl sites for hydroxylation is 2. The molecule has 0 unspecified atom stereocenters. The molecule has 3 amide bonds. The summed E-state index contributed by atoms with van der Waals surface area (Å²) in [6.45, 7) is 1.94. The molecule has 9 heteroatoms. The van der Waals surface area contributed by atoms with Gasteiger partial charge in [-0.3, -0.25) is 19.3 Å². The molecule has 0 saturated carbocycles. The molecule has 2 N–H and O–H groups in total. The van der Waals surface area contributed by atoms with Crippen molar-refractivity contribution in [3.63, 3.8) is 0 Å². The molecule has 1 aliphatic rings. The highest BCUT2D eigenvalue weighted by Gasteiger charge is 2.27. The van der Waals surface area contributed by atoms with Gasteiger partial charge in [0.05, 0.1) is 11.4 Å². The number of rotatable bonds is 6. The summed E-state index contributed by atoms with van der Waals surface area (Å²) < 4.78 is 5.67. The standard InChI is InChI=1S/C27H23N5O4/c1-17-6-8-18(9-7-17)26-31-30-25(36-26)15-14-23(33)28-20-12-10-19(11-13-20)27(35)32-16-24(34)29-21-4-2-3-5-22(21)32/h2-13H,14-16H2,1H3,(H,28,33)(H,29,34). The second-order valence-corrected chi connectivity index (χ2v) is 8.45. The number of nitrogens with zero attached hydrogens (tertiary/aromatic N) is 3. The van der Waals surface area contributed by atoms with Gasteiger partial charge in [0.1, 0.15) is 6.54 Å². The van der Waals surface area contributed by atoms with Gasteiger partial charge in [-0.2, -0.15) is 0 Å². The first-order chi connectivity index (χ1) is 17.5. The first-order valence-corrected chi connectivity index (χ1v) is 11.5. The predicted molar refractivity (Wildman–Crippen MR) is 135 cm³/mol. The Hall–Kier alpha value is -4.79. The van der Waals surface area contributed by atoms with E-state index in [1.807, 2.05) is 37.3 Å². The highest BCUT2D eigenvalue weighted by molar-refractivity contribution is 6.15. The summed E-state index contributed by atoms with van der Waals surface area (Å²) in [5, 5.41) is 13.7. The fourth-order valence-corrected chi connectivity index (χ4v) is 3.88. The lowest BCUT2D eigenvalue weighted by atomic mass is 10.1. The Balaban J connectivity index is 1.18. The van der Waals surface area contributed by atoms with E-state index in [-0.39, 0.29) is 30.7 Å². The Morgan fingerprint density at radius 2 is 1.75 bits per heavy atom. The molecule has 3 aromatic carbocycles. The second kappa shape index (κ2) is 9.83. The van der Waals surface area contributed by atoms with Crippen LogP contribution < -0.4 is 15.5 Å². The number of fused-ring (bicyclic) bond motifs is 1. The van der Waals surface area contributed by atoms with Crippen molar-refractivity contribution in [2.75, 3.05) is 22.1 Å². The molecule has 4 aromatic rings. The van der Waals surface area contributed by atoms with Crippen molar-refractivity contribution in [2.24, 2.45) is 0 Å². The summed E-state index contributed by atoms with van der Waals surface area (Å²) in [6, 6.07) is 21.5. The average molecular weight is 482 g/mol. The van der Waals surface area contributed by atoms with Gasteiger partial charge in [-0.25, -0.2) is 0 Å². The smallest absolute Gasteiger partial charge is 0.258 e. The maximum atomic E-state index is 13.1. The summed E-state index contributed by atoms with van der Waals surface area (Å²) in [4.78, 5) is 38.9. The number of nitrogens with one attached hydrogen (secondary N) is 2. The van der Waals surface area contributed by atoms with Gasteiger partial charge in [0.2, 0.25) is 23.6 Å². The SMILES string of the molecule is Cc1ccc(-c2nnc(CCC(=O)Nc3ccc(C(=O)N4CC(=O)Nc5ccccc54)cc3)o2)cc1. The number of carbonyl (C=O) groups excluding carboxylic acids is 3. The molecule has 1 aliphatic heterocycles. The molecule has 0 aliphatic carbocycles. The second-order valence-electron chi connectivity index (χ2n) is 8.45. The molecule has 0 radical (unpaired) electrons. The minimum Gasteiger partial charge on any atom is -0.421 e. The topological polar surface area (TPSA) is 117 Å². The summed E-state index contributed by atoms with van der Waals surface area (Å²) >= 11 is 0. The number of aromatic nitrogens is 2. The maximum Gasteiger partial charge on any atom is 0.258 e. The molecule has 9 nitrogen and oxygen atoms in total. The van der Waals surface area contributed by atoms with Crippen LogP contribution >= 0.6 is 0 Å². The zero-order valence-corrected chi connectivity index (χ0v) is 19.5. The number of carbonyl (C=O) groups is 3.